The Labute approximate surface area is 112 Å². The highest BCUT2D eigenvalue weighted by molar-refractivity contribution is 5.60. The molecule has 0 N–H and O–H groups in total. The maximum absolute atomic E-state index is 10.8. The minimum Gasteiger partial charge on any atom is -0.369 e. The Bertz CT molecular complexity index is 536. The van der Waals surface area contributed by atoms with E-state index in [0.717, 1.165) is 25.1 Å². The second-order valence-corrected chi connectivity index (χ2v) is 5.24. The minimum atomic E-state index is -0.510. The molecule has 0 aromatic heterocycles. The summed E-state index contributed by atoms with van der Waals surface area (Å²) in [6.45, 7) is 5.33. The molecule has 1 heterocycles. The lowest BCUT2D eigenvalue weighted by Gasteiger charge is -2.38. The molecule has 0 amide bonds. The summed E-state index contributed by atoms with van der Waals surface area (Å²) in [5.74, 6) is 0.708. The van der Waals surface area contributed by atoms with Gasteiger partial charge in [-0.05, 0) is 37.8 Å². The lowest BCUT2D eigenvalue weighted by atomic mass is 9.93. The first kappa shape index (κ1) is 13.3. The molecule has 0 spiro atoms. The zero-order chi connectivity index (χ0) is 14.0. The van der Waals surface area contributed by atoms with Gasteiger partial charge in [0.05, 0.1) is 4.92 Å². The fraction of sp³-hybridized carbons (Fsp3) is 0.500. The first-order valence-electron chi connectivity index (χ1n) is 6.48. The van der Waals surface area contributed by atoms with Crippen LogP contribution in [0.5, 0.6) is 0 Å². The Morgan fingerprint density at radius 2 is 2.21 bits per heavy atom. The summed E-state index contributed by atoms with van der Waals surface area (Å²) in [6, 6.07) is 7.11. The van der Waals surface area contributed by atoms with Crippen molar-refractivity contribution in [3.05, 3.63) is 33.9 Å². The van der Waals surface area contributed by atoms with Crippen LogP contribution in [0.15, 0.2) is 18.2 Å². The number of hydrogen-bond acceptors (Lipinski definition) is 4. The number of hydrogen-bond donors (Lipinski definition) is 0. The van der Waals surface area contributed by atoms with E-state index in [4.69, 9.17) is 5.26 Å². The summed E-state index contributed by atoms with van der Waals surface area (Å²) in [4.78, 5) is 12.5. The van der Waals surface area contributed by atoms with Crippen LogP contribution >= 0.6 is 0 Å². The van der Waals surface area contributed by atoms with Gasteiger partial charge in [0.15, 0.2) is 0 Å². The van der Waals surface area contributed by atoms with E-state index >= 15 is 0 Å². The Morgan fingerprint density at radius 3 is 2.79 bits per heavy atom. The number of nitrogens with zero attached hydrogens (tertiary/aromatic N) is 3. The SMILES string of the molecule is CC1CCN(c2ccc([N+](=O)[O-])c(C#N)c2)C(C)C1. The molecule has 0 radical (unpaired) electrons. The highest BCUT2D eigenvalue weighted by atomic mass is 16.6. The first-order chi connectivity index (χ1) is 9.02. The third kappa shape index (κ3) is 2.68. The second kappa shape index (κ2) is 5.27. The molecule has 2 atom stereocenters. The monoisotopic (exact) mass is 259 g/mol. The molecule has 2 rings (SSSR count). The van der Waals surface area contributed by atoms with Gasteiger partial charge in [0.25, 0.3) is 5.69 Å². The molecule has 1 aromatic carbocycles. The number of anilines is 1. The van der Waals surface area contributed by atoms with Crippen LogP contribution < -0.4 is 4.90 Å². The number of nitro groups is 1. The van der Waals surface area contributed by atoms with E-state index < -0.39 is 4.92 Å². The van der Waals surface area contributed by atoms with Crippen LogP contribution in [0.3, 0.4) is 0 Å². The molecule has 1 saturated heterocycles. The highest BCUT2D eigenvalue weighted by Gasteiger charge is 2.24. The van der Waals surface area contributed by atoms with Crippen LogP contribution in [0.25, 0.3) is 0 Å². The maximum Gasteiger partial charge on any atom is 0.287 e. The van der Waals surface area contributed by atoms with Crippen molar-refractivity contribution in [1.82, 2.24) is 0 Å². The fourth-order valence-corrected chi connectivity index (χ4v) is 2.74. The minimum absolute atomic E-state index is 0.121. The third-order valence-electron chi connectivity index (χ3n) is 3.77. The summed E-state index contributed by atoms with van der Waals surface area (Å²) in [5, 5.41) is 19.8. The number of piperidine rings is 1. The van der Waals surface area contributed by atoms with Crippen molar-refractivity contribution < 1.29 is 4.92 Å². The quantitative estimate of drug-likeness (QED) is 0.604. The van der Waals surface area contributed by atoms with Crippen molar-refractivity contribution in [2.24, 2.45) is 5.92 Å². The number of rotatable bonds is 2. The molecule has 1 aliphatic heterocycles. The van der Waals surface area contributed by atoms with Gasteiger partial charge < -0.3 is 4.90 Å². The van der Waals surface area contributed by atoms with Crippen LogP contribution in [0.1, 0.15) is 32.3 Å². The predicted octanol–water partition coefficient (Wildman–Crippen LogP) is 3.09. The van der Waals surface area contributed by atoms with E-state index in [9.17, 15) is 10.1 Å². The Hall–Kier alpha value is -2.09. The number of nitro benzene ring substituents is 1. The normalized spacial score (nSPS) is 22.9. The topological polar surface area (TPSA) is 70.2 Å². The predicted molar refractivity (Wildman–Crippen MR) is 73.0 cm³/mol. The van der Waals surface area contributed by atoms with Gasteiger partial charge in [-0.15, -0.1) is 0 Å². The number of nitriles is 1. The zero-order valence-corrected chi connectivity index (χ0v) is 11.2. The van der Waals surface area contributed by atoms with E-state index in [1.165, 1.54) is 6.07 Å². The van der Waals surface area contributed by atoms with E-state index in [2.05, 4.69) is 18.7 Å². The molecule has 5 nitrogen and oxygen atoms in total. The summed E-state index contributed by atoms with van der Waals surface area (Å²) in [5.41, 5.74) is 0.916. The molecule has 19 heavy (non-hydrogen) atoms. The second-order valence-electron chi connectivity index (χ2n) is 5.24. The largest absolute Gasteiger partial charge is 0.369 e. The Balaban J connectivity index is 2.31. The Morgan fingerprint density at radius 1 is 1.47 bits per heavy atom. The van der Waals surface area contributed by atoms with Crippen LogP contribution in [0.2, 0.25) is 0 Å². The van der Waals surface area contributed by atoms with E-state index in [1.54, 1.807) is 12.1 Å². The van der Waals surface area contributed by atoms with Crippen LogP contribution in [-0.4, -0.2) is 17.5 Å². The summed E-state index contributed by atoms with van der Waals surface area (Å²) in [6.07, 6.45) is 2.22. The molecular weight excluding hydrogens is 242 g/mol. The van der Waals surface area contributed by atoms with Gasteiger partial charge in [0, 0.05) is 24.3 Å². The van der Waals surface area contributed by atoms with Gasteiger partial charge in [-0.1, -0.05) is 6.92 Å². The van der Waals surface area contributed by atoms with Gasteiger partial charge >= 0.3 is 0 Å². The van der Waals surface area contributed by atoms with Gasteiger partial charge in [-0.25, -0.2) is 0 Å². The lowest BCUT2D eigenvalue weighted by molar-refractivity contribution is -0.385. The fourth-order valence-electron chi connectivity index (χ4n) is 2.74. The van der Waals surface area contributed by atoms with Gasteiger partial charge in [-0.3, -0.25) is 10.1 Å². The van der Waals surface area contributed by atoms with E-state index in [-0.39, 0.29) is 11.3 Å². The highest BCUT2D eigenvalue weighted by Crippen LogP contribution is 2.30. The van der Waals surface area contributed by atoms with Crippen LogP contribution in [0.4, 0.5) is 11.4 Å². The maximum atomic E-state index is 10.8. The molecular formula is C14H17N3O2. The molecule has 1 aromatic rings. The van der Waals surface area contributed by atoms with Crippen molar-refractivity contribution >= 4 is 11.4 Å². The van der Waals surface area contributed by atoms with Crippen molar-refractivity contribution in [1.29, 1.82) is 5.26 Å². The first-order valence-corrected chi connectivity index (χ1v) is 6.48. The summed E-state index contributed by atoms with van der Waals surface area (Å²) in [7, 11) is 0. The Kier molecular flexibility index (Phi) is 3.70. The molecule has 1 aliphatic rings. The molecule has 2 unspecified atom stereocenters. The molecule has 100 valence electrons. The smallest absolute Gasteiger partial charge is 0.287 e. The summed E-state index contributed by atoms with van der Waals surface area (Å²) < 4.78 is 0. The van der Waals surface area contributed by atoms with Crippen molar-refractivity contribution in [2.45, 2.75) is 32.7 Å². The van der Waals surface area contributed by atoms with Crippen molar-refractivity contribution in [3.8, 4) is 6.07 Å². The van der Waals surface area contributed by atoms with E-state index in [1.807, 2.05) is 6.07 Å². The molecule has 1 fully saturated rings. The molecule has 5 heteroatoms. The van der Waals surface area contributed by atoms with Gasteiger partial charge in [0.2, 0.25) is 0 Å². The van der Waals surface area contributed by atoms with Gasteiger partial charge in [0.1, 0.15) is 11.6 Å². The zero-order valence-electron chi connectivity index (χ0n) is 11.2. The van der Waals surface area contributed by atoms with Crippen molar-refractivity contribution in [2.75, 3.05) is 11.4 Å². The lowest BCUT2D eigenvalue weighted by Crippen LogP contribution is -2.40. The molecule has 0 bridgehead atoms. The van der Waals surface area contributed by atoms with Gasteiger partial charge in [-0.2, -0.15) is 5.26 Å². The molecule has 0 aliphatic carbocycles. The van der Waals surface area contributed by atoms with E-state index in [0.29, 0.717) is 12.0 Å². The molecule has 0 saturated carbocycles. The van der Waals surface area contributed by atoms with Crippen LogP contribution in [0, 0.1) is 27.4 Å². The van der Waals surface area contributed by atoms with Crippen LogP contribution in [-0.2, 0) is 0 Å². The van der Waals surface area contributed by atoms with Crippen molar-refractivity contribution in [3.63, 3.8) is 0 Å². The standard InChI is InChI=1S/C14H17N3O2/c1-10-5-6-16(11(2)7-10)13-3-4-14(17(18)19)12(8-13)9-15/h3-4,8,10-11H,5-7H2,1-2H3. The average Bonchev–Trinajstić information content (AvgIpc) is 2.37. The number of benzene rings is 1. The average molecular weight is 259 g/mol. The third-order valence-corrected chi connectivity index (χ3v) is 3.77. The summed E-state index contributed by atoms with van der Waals surface area (Å²) >= 11 is 0.